The van der Waals surface area contributed by atoms with Gasteiger partial charge in [-0.25, -0.2) is 0 Å². The predicted octanol–water partition coefficient (Wildman–Crippen LogP) is 1.21. The third-order valence-electron chi connectivity index (χ3n) is 2.14. The lowest BCUT2D eigenvalue weighted by atomic mass is 10.4. The van der Waals surface area contributed by atoms with Crippen LogP contribution in [-0.2, 0) is 0 Å². The maximum Gasteiger partial charge on any atom is 0.0153 e. The van der Waals surface area contributed by atoms with Crippen molar-refractivity contribution in [2.75, 3.05) is 26.2 Å². The molecule has 1 aliphatic heterocycles. The average Bonchev–Trinajstić information content (AvgIpc) is 2.50. The molecule has 0 radical (unpaired) electrons. The van der Waals surface area contributed by atoms with Crippen LogP contribution < -0.4 is 5.32 Å². The highest BCUT2D eigenvalue weighted by Crippen LogP contribution is 2.06. The van der Waals surface area contributed by atoms with Gasteiger partial charge in [0.25, 0.3) is 0 Å². The van der Waals surface area contributed by atoms with Crippen LogP contribution in [0.1, 0.15) is 19.3 Å². The van der Waals surface area contributed by atoms with Gasteiger partial charge in [0.2, 0.25) is 0 Å². The molecule has 11 heavy (non-hydrogen) atoms. The Kier molecular flexibility index (Phi) is 4.06. The predicted molar refractivity (Wildman–Crippen MR) is 48.5 cm³/mol. The highest BCUT2D eigenvalue weighted by molar-refractivity contribution is 4.68. The van der Waals surface area contributed by atoms with Crippen LogP contribution in [0, 0.1) is 0 Å². The molecule has 0 atom stereocenters. The van der Waals surface area contributed by atoms with E-state index in [2.05, 4.69) is 16.8 Å². The summed E-state index contributed by atoms with van der Waals surface area (Å²) in [6, 6.07) is 0. The van der Waals surface area contributed by atoms with E-state index < -0.39 is 0 Å². The van der Waals surface area contributed by atoms with Crippen molar-refractivity contribution in [3.63, 3.8) is 0 Å². The number of hydrogen-bond donors (Lipinski definition) is 1. The normalized spacial score (nSPS) is 18.5. The van der Waals surface area contributed by atoms with Crippen LogP contribution in [0.3, 0.4) is 0 Å². The summed E-state index contributed by atoms with van der Waals surface area (Å²) < 4.78 is 0. The quantitative estimate of drug-likeness (QED) is 0.599. The standard InChI is InChI=1S/C9H18N2/c1-2-10-6-5-9-11-7-3-4-8-11/h2,10H,1,3-9H2. The lowest BCUT2D eigenvalue weighted by molar-refractivity contribution is 0.333. The van der Waals surface area contributed by atoms with E-state index in [0.29, 0.717) is 0 Å². The van der Waals surface area contributed by atoms with Gasteiger partial charge in [-0.2, -0.15) is 0 Å². The van der Waals surface area contributed by atoms with Gasteiger partial charge >= 0.3 is 0 Å². The van der Waals surface area contributed by atoms with Crippen molar-refractivity contribution in [1.82, 2.24) is 10.2 Å². The van der Waals surface area contributed by atoms with E-state index in [1.54, 1.807) is 6.20 Å². The Balaban J connectivity index is 1.89. The van der Waals surface area contributed by atoms with E-state index in [1.165, 1.54) is 38.9 Å². The van der Waals surface area contributed by atoms with Crippen LogP contribution in [0.2, 0.25) is 0 Å². The number of rotatable bonds is 5. The first-order valence-corrected chi connectivity index (χ1v) is 4.50. The Morgan fingerprint density at radius 3 is 2.73 bits per heavy atom. The van der Waals surface area contributed by atoms with Crippen molar-refractivity contribution < 1.29 is 0 Å². The van der Waals surface area contributed by atoms with Crippen molar-refractivity contribution in [3.8, 4) is 0 Å². The van der Waals surface area contributed by atoms with Gasteiger partial charge in [-0.15, -0.1) is 0 Å². The van der Waals surface area contributed by atoms with Gasteiger partial charge in [-0.05, 0) is 45.1 Å². The molecule has 1 aliphatic rings. The minimum atomic E-state index is 1.07. The first kappa shape index (κ1) is 8.60. The second kappa shape index (κ2) is 5.19. The maximum atomic E-state index is 3.61. The topological polar surface area (TPSA) is 15.3 Å². The Labute approximate surface area is 69.3 Å². The third-order valence-corrected chi connectivity index (χ3v) is 2.14. The van der Waals surface area contributed by atoms with Gasteiger partial charge in [0.15, 0.2) is 0 Å². The van der Waals surface area contributed by atoms with E-state index in [1.807, 2.05) is 0 Å². The molecular formula is C9H18N2. The molecule has 0 aliphatic carbocycles. The van der Waals surface area contributed by atoms with Crippen molar-refractivity contribution in [2.24, 2.45) is 0 Å². The first-order chi connectivity index (χ1) is 5.43. The average molecular weight is 154 g/mol. The highest BCUT2D eigenvalue weighted by Gasteiger charge is 2.09. The first-order valence-electron chi connectivity index (χ1n) is 4.50. The maximum absolute atomic E-state index is 3.61. The Hall–Kier alpha value is -0.500. The zero-order chi connectivity index (χ0) is 7.94. The molecule has 1 fully saturated rings. The second-order valence-electron chi connectivity index (χ2n) is 3.06. The molecule has 2 heteroatoms. The summed E-state index contributed by atoms with van der Waals surface area (Å²) in [6.07, 6.45) is 5.81. The fourth-order valence-electron chi connectivity index (χ4n) is 1.51. The van der Waals surface area contributed by atoms with Gasteiger partial charge in [0, 0.05) is 6.54 Å². The van der Waals surface area contributed by atoms with E-state index >= 15 is 0 Å². The molecule has 64 valence electrons. The molecule has 0 aromatic heterocycles. The zero-order valence-electron chi connectivity index (χ0n) is 7.18. The fourth-order valence-corrected chi connectivity index (χ4v) is 1.51. The molecular weight excluding hydrogens is 136 g/mol. The summed E-state index contributed by atoms with van der Waals surface area (Å²) >= 11 is 0. The van der Waals surface area contributed by atoms with Gasteiger partial charge in [0.05, 0.1) is 0 Å². The van der Waals surface area contributed by atoms with Crippen molar-refractivity contribution in [3.05, 3.63) is 12.8 Å². The number of likely N-dealkylation sites (tertiary alicyclic amines) is 1. The molecule has 1 rings (SSSR count). The molecule has 2 nitrogen and oxygen atoms in total. The van der Waals surface area contributed by atoms with Gasteiger partial charge in [0.1, 0.15) is 0 Å². The minimum absolute atomic E-state index is 1.07. The smallest absolute Gasteiger partial charge is 0.0153 e. The molecule has 1 N–H and O–H groups in total. The SMILES string of the molecule is C=CNCCCN1CCCC1. The van der Waals surface area contributed by atoms with E-state index in [0.717, 1.165) is 6.54 Å². The van der Waals surface area contributed by atoms with Crippen LogP contribution >= 0.6 is 0 Å². The number of nitrogens with zero attached hydrogens (tertiary/aromatic N) is 1. The van der Waals surface area contributed by atoms with E-state index in [4.69, 9.17) is 0 Å². The van der Waals surface area contributed by atoms with Crippen LogP contribution in [0.4, 0.5) is 0 Å². The summed E-state index contributed by atoms with van der Waals surface area (Å²) in [5.74, 6) is 0. The molecule has 0 amide bonds. The molecule has 0 aromatic rings. The van der Waals surface area contributed by atoms with E-state index in [9.17, 15) is 0 Å². The van der Waals surface area contributed by atoms with Crippen molar-refractivity contribution >= 4 is 0 Å². The molecule has 0 spiro atoms. The number of nitrogens with one attached hydrogen (secondary N) is 1. The summed E-state index contributed by atoms with van der Waals surface area (Å²) in [5.41, 5.74) is 0. The molecule has 1 heterocycles. The van der Waals surface area contributed by atoms with Crippen LogP contribution in [-0.4, -0.2) is 31.1 Å². The number of hydrogen-bond acceptors (Lipinski definition) is 2. The fraction of sp³-hybridized carbons (Fsp3) is 0.778. The lowest BCUT2D eigenvalue weighted by Crippen LogP contribution is -2.23. The van der Waals surface area contributed by atoms with Crippen LogP contribution in [0.5, 0.6) is 0 Å². The van der Waals surface area contributed by atoms with Crippen LogP contribution in [0.15, 0.2) is 12.8 Å². The monoisotopic (exact) mass is 154 g/mol. The highest BCUT2D eigenvalue weighted by atomic mass is 15.1. The summed E-state index contributed by atoms with van der Waals surface area (Å²) in [5, 5.41) is 3.11. The molecule has 1 saturated heterocycles. The van der Waals surface area contributed by atoms with Gasteiger partial charge < -0.3 is 10.2 Å². The largest absolute Gasteiger partial charge is 0.391 e. The molecule has 0 unspecified atom stereocenters. The zero-order valence-corrected chi connectivity index (χ0v) is 7.18. The summed E-state index contributed by atoms with van der Waals surface area (Å²) in [4.78, 5) is 2.53. The van der Waals surface area contributed by atoms with Crippen LogP contribution in [0.25, 0.3) is 0 Å². The lowest BCUT2D eigenvalue weighted by Gasteiger charge is -2.13. The molecule has 0 aromatic carbocycles. The second-order valence-corrected chi connectivity index (χ2v) is 3.06. The third kappa shape index (κ3) is 3.42. The van der Waals surface area contributed by atoms with Crippen molar-refractivity contribution in [2.45, 2.75) is 19.3 Å². The Morgan fingerprint density at radius 2 is 2.09 bits per heavy atom. The molecule has 0 saturated carbocycles. The van der Waals surface area contributed by atoms with Crippen molar-refractivity contribution in [1.29, 1.82) is 0 Å². The Bertz CT molecular complexity index is 106. The summed E-state index contributed by atoms with van der Waals surface area (Å²) in [6.45, 7) is 8.55. The van der Waals surface area contributed by atoms with Gasteiger partial charge in [-0.3, -0.25) is 0 Å². The molecule has 0 bridgehead atoms. The van der Waals surface area contributed by atoms with Gasteiger partial charge in [-0.1, -0.05) is 6.58 Å². The summed E-state index contributed by atoms with van der Waals surface area (Å²) in [7, 11) is 0. The minimum Gasteiger partial charge on any atom is -0.391 e. The Morgan fingerprint density at radius 1 is 1.36 bits per heavy atom. The van der Waals surface area contributed by atoms with E-state index in [-0.39, 0.29) is 0 Å².